The third-order valence-corrected chi connectivity index (χ3v) is 9.13. The number of rotatable bonds is 12. The predicted octanol–water partition coefficient (Wildman–Crippen LogP) is 8.27. The van der Waals surface area contributed by atoms with Gasteiger partial charge in [-0.05, 0) is 86.4 Å². The molecular formula is C26H46. The molecule has 0 spiro atoms. The monoisotopic (exact) mass is 358 g/mol. The van der Waals surface area contributed by atoms with E-state index in [1.807, 2.05) is 11.1 Å². The van der Waals surface area contributed by atoms with Gasteiger partial charge in [0.15, 0.2) is 0 Å². The highest BCUT2D eigenvalue weighted by Crippen LogP contribution is 2.67. The van der Waals surface area contributed by atoms with E-state index < -0.39 is 0 Å². The Morgan fingerprint density at radius 3 is 2.12 bits per heavy atom. The molecule has 2 fully saturated rings. The number of hydrogen-bond acceptors (Lipinski definition) is 0. The van der Waals surface area contributed by atoms with Gasteiger partial charge in [0.1, 0.15) is 0 Å². The summed E-state index contributed by atoms with van der Waals surface area (Å²) in [7, 11) is 0. The summed E-state index contributed by atoms with van der Waals surface area (Å²) in [5.74, 6) is 8.05. The minimum Gasteiger partial charge on any atom is -0.0701 e. The Balaban J connectivity index is 1.55. The Hall–Kier alpha value is -0.260. The highest BCUT2D eigenvalue weighted by molar-refractivity contribution is 5.41. The normalized spacial score (nSPS) is 33.9. The molecule has 2 saturated carbocycles. The second-order valence-corrected chi connectivity index (χ2v) is 10.3. The van der Waals surface area contributed by atoms with Crippen LogP contribution in [0.2, 0.25) is 0 Å². The zero-order valence-electron chi connectivity index (χ0n) is 18.7. The van der Waals surface area contributed by atoms with Crippen LogP contribution in [-0.2, 0) is 0 Å². The van der Waals surface area contributed by atoms with E-state index in [0.29, 0.717) is 0 Å². The standard InChI is InChI=1S/C26H46/c1-7-11-19(9-3)20(10-4)12-13-21(17(5)8-2)14-22-15-25-24-16-23(24)18(6)26(22)25/h17,19-22,24-26H,7-16H2,1-6H3/t17-,19?,20?,21?,22?,24+,25?,26?/m0/s1. The average Bonchev–Trinajstić information content (AvgIpc) is 3.37. The zero-order valence-corrected chi connectivity index (χ0v) is 18.7. The summed E-state index contributed by atoms with van der Waals surface area (Å²) in [5.41, 5.74) is 3.73. The van der Waals surface area contributed by atoms with Gasteiger partial charge >= 0.3 is 0 Å². The summed E-state index contributed by atoms with van der Waals surface area (Å²) >= 11 is 0. The van der Waals surface area contributed by atoms with Gasteiger partial charge in [-0.3, -0.25) is 0 Å². The Labute approximate surface area is 164 Å². The molecule has 0 radical (unpaired) electrons. The first kappa shape index (κ1) is 20.5. The predicted molar refractivity (Wildman–Crippen MR) is 115 cm³/mol. The van der Waals surface area contributed by atoms with Crippen LogP contribution in [-0.4, -0.2) is 0 Å². The van der Waals surface area contributed by atoms with Crippen molar-refractivity contribution in [2.75, 3.05) is 0 Å². The Bertz CT molecular complexity index is 486. The molecule has 0 heterocycles. The Morgan fingerprint density at radius 1 is 0.885 bits per heavy atom. The lowest BCUT2D eigenvalue weighted by molar-refractivity contribution is 0.0611. The smallest absolute Gasteiger partial charge is 0.0129 e. The minimum absolute atomic E-state index is 0.918. The largest absolute Gasteiger partial charge is 0.0701 e. The molecule has 0 amide bonds. The summed E-state index contributed by atoms with van der Waals surface area (Å²) in [5, 5.41) is 0. The summed E-state index contributed by atoms with van der Waals surface area (Å²) in [6.45, 7) is 14.7. The van der Waals surface area contributed by atoms with E-state index in [0.717, 1.165) is 47.3 Å². The molecule has 0 aromatic carbocycles. The molecule has 6 unspecified atom stereocenters. The van der Waals surface area contributed by atoms with Crippen molar-refractivity contribution in [2.24, 2.45) is 47.3 Å². The van der Waals surface area contributed by atoms with Crippen molar-refractivity contribution >= 4 is 0 Å². The molecule has 0 aromatic heterocycles. The first-order chi connectivity index (χ1) is 12.5. The molecule has 3 rings (SSSR count). The molecule has 0 N–H and O–H groups in total. The van der Waals surface area contributed by atoms with Gasteiger partial charge in [-0.1, -0.05) is 77.9 Å². The van der Waals surface area contributed by atoms with E-state index in [-0.39, 0.29) is 0 Å². The lowest BCUT2D eigenvalue weighted by Gasteiger charge is -2.46. The van der Waals surface area contributed by atoms with Crippen molar-refractivity contribution in [1.29, 1.82) is 0 Å². The van der Waals surface area contributed by atoms with E-state index in [2.05, 4.69) is 41.5 Å². The van der Waals surface area contributed by atoms with Crippen LogP contribution in [0, 0.1) is 47.3 Å². The third-order valence-electron chi connectivity index (χ3n) is 9.13. The van der Waals surface area contributed by atoms with E-state index in [1.165, 1.54) is 57.8 Å². The van der Waals surface area contributed by atoms with Crippen LogP contribution in [0.3, 0.4) is 0 Å². The lowest BCUT2D eigenvalue weighted by Crippen LogP contribution is -2.38. The van der Waals surface area contributed by atoms with Crippen molar-refractivity contribution < 1.29 is 0 Å². The first-order valence-corrected chi connectivity index (χ1v) is 12.2. The first-order valence-electron chi connectivity index (χ1n) is 12.2. The molecule has 3 aliphatic carbocycles. The molecule has 26 heavy (non-hydrogen) atoms. The van der Waals surface area contributed by atoms with Crippen LogP contribution in [0.15, 0.2) is 11.1 Å². The molecule has 0 aromatic rings. The highest BCUT2D eigenvalue weighted by Gasteiger charge is 2.58. The Morgan fingerprint density at radius 2 is 1.54 bits per heavy atom. The minimum atomic E-state index is 0.918. The van der Waals surface area contributed by atoms with Gasteiger partial charge in [-0.15, -0.1) is 0 Å². The SMILES string of the molecule is CCCC(CC)C(CC)CCC(CC1CC2C1C(C)=C1C[C@H]12)[C@@H](C)CC. The molecule has 3 aliphatic rings. The van der Waals surface area contributed by atoms with Gasteiger partial charge in [0.05, 0.1) is 0 Å². The van der Waals surface area contributed by atoms with Crippen LogP contribution in [0.4, 0.5) is 0 Å². The fourth-order valence-corrected chi connectivity index (χ4v) is 7.09. The fraction of sp³-hybridized carbons (Fsp3) is 0.923. The molecule has 150 valence electrons. The van der Waals surface area contributed by atoms with E-state index in [4.69, 9.17) is 0 Å². The molecule has 0 bridgehead atoms. The third kappa shape index (κ3) is 3.95. The number of fused-ring (bicyclic) bond motifs is 3. The van der Waals surface area contributed by atoms with Gasteiger partial charge < -0.3 is 0 Å². The molecule has 0 nitrogen and oxygen atoms in total. The number of hydrogen-bond donors (Lipinski definition) is 0. The van der Waals surface area contributed by atoms with Gasteiger partial charge in [-0.2, -0.15) is 0 Å². The highest BCUT2D eigenvalue weighted by atomic mass is 14.6. The van der Waals surface area contributed by atoms with Crippen LogP contribution >= 0.6 is 0 Å². The van der Waals surface area contributed by atoms with E-state index in [9.17, 15) is 0 Å². The summed E-state index contributed by atoms with van der Waals surface area (Å²) in [6.07, 6.45) is 14.5. The molecule has 0 saturated heterocycles. The van der Waals surface area contributed by atoms with Crippen LogP contribution in [0.25, 0.3) is 0 Å². The van der Waals surface area contributed by atoms with E-state index >= 15 is 0 Å². The van der Waals surface area contributed by atoms with Crippen molar-refractivity contribution in [3.8, 4) is 0 Å². The fourth-order valence-electron chi connectivity index (χ4n) is 7.09. The maximum atomic E-state index is 2.54. The van der Waals surface area contributed by atoms with Crippen molar-refractivity contribution in [2.45, 2.75) is 106 Å². The average molecular weight is 359 g/mol. The maximum Gasteiger partial charge on any atom is -0.0129 e. The second kappa shape index (κ2) is 8.83. The van der Waals surface area contributed by atoms with E-state index in [1.54, 1.807) is 6.42 Å². The molecular weight excluding hydrogens is 312 g/mol. The van der Waals surface area contributed by atoms with Gasteiger partial charge in [-0.25, -0.2) is 0 Å². The van der Waals surface area contributed by atoms with Crippen molar-refractivity contribution in [3.63, 3.8) is 0 Å². The summed E-state index contributed by atoms with van der Waals surface area (Å²) < 4.78 is 0. The van der Waals surface area contributed by atoms with Gasteiger partial charge in [0.25, 0.3) is 0 Å². The van der Waals surface area contributed by atoms with Crippen molar-refractivity contribution in [3.05, 3.63) is 11.1 Å². The van der Waals surface area contributed by atoms with Crippen molar-refractivity contribution in [1.82, 2.24) is 0 Å². The lowest BCUT2D eigenvalue weighted by atomic mass is 9.59. The second-order valence-electron chi connectivity index (χ2n) is 10.3. The zero-order chi connectivity index (χ0) is 18.8. The van der Waals surface area contributed by atoms with Crippen LogP contribution < -0.4 is 0 Å². The summed E-state index contributed by atoms with van der Waals surface area (Å²) in [4.78, 5) is 0. The molecule has 0 aliphatic heterocycles. The number of allylic oxidation sites excluding steroid dienone is 2. The summed E-state index contributed by atoms with van der Waals surface area (Å²) in [6, 6.07) is 0. The topological polar surface area (TPSA) is 0 Å². The molecule has 0 heteroatoms. The molecule has 8 atom stereocenters. The maximum absolute atomic E-state index is 2.54. The quantitative estimate of drug-likeness (QED) is 0.308. The Kier molecular flexibility index (Phi) is 6.95. The van der Waals surface area contributed by atoms with Gasteiger partial charge in [0.2, 0.25) is 0 Å². The van der Waals surface area contributed by atoms with Crippen LogP contribution in [0.5, 0.6) is 0 Å². The van der Waals surface area contributed by atoms with Gasteiger partial charge in [0, 0.05) is 0 Å². The van der Waals surface area contributed by atoms with Crippen LogP contribution in [0.1, 0.15) is 106 Å².